The van der Waals surface area contributed by atoms with Crippen molar-refractivity contribution in [1.82, 2.24) is 0 Å². The molecule has 19 heavy (non-hydrogen) atoms. The highest BCUT2D eigenvalue weighted by Crippen LogP contribution is 2.22. The number of hydrogen-bond donors (Lipinski definition) is 3. The summed E-state index contributed by atoms with van der Waals surface area (Å²) >= 11 is 1.72. The second-order valence-electron chi connectivity index (χ2n) is 4.44. The Morgan fingerprint density at radius 2 is 2.26 bits per heavy atom. The lowest BCUT2D eigenvalue weighted by atomic mass is 10.1. The predicted molar refractivity (Wildman–Crippen MR) is 78.9 cm³/mol. The second-order valence-corrected chi connectivity index (χ2v) is 5.47. The van der Waals surface area contributed by atoms with E-state index in [1.807, 2.05) is 6.07 Å². The van der Waals surface area contributed by atoms with Crippen LogP contribution in [0.5, 0.6) is 0 Å². The van der Waals surface area contributed by atoms with Crippen LogP contribution in [-0.2, 0) is 6.42 Å². The molecule has 0 saturated heterocycles. The molecule has 0 radical (unpaired) electrons. The second kappa shape index (κ2) is 5.75. The zero-order valence-corrected chi connectivity index (χ0v) is 11.4. The van der Waals surface area contributed by atoms with Crippen LogP contribution >= 0.6 is 11.3 Å². The summed E-state index contributed by atoms with van der Waals surface area (Å²) in [6.07, 6.45) is 0.914. The van der Waals surface area contributed by atoms with E-state index < -0.39 is 5.97 Å². The number of thiophene rings is 1. The van der Waals surface area contributed by atoms with Gasteiger partial charge in [-0.3, -0.25) is 0 Å². The fourth-order valence-corrected chi connectivity index (χ4v) is 2.71. The van der Waals surface area contributed by atoms with Crippen molar-refractivity contribution < 1.29 is 9.90 Å². The molecule has 2 aromatic rings. The smallest absolute Gasteiger partial charge is 0.335 e. The molecule has 4 nitrogen and oxygen atoms in total. The maximum atomic E-state index is 10.8. The Kier molecular flexibility index (Phi) is 4.06. The minimum absolute atomic E-state index is 0.203. The number of hydrogen-bond acceptors (Lipinski definition) is 4. The van der Waals surface area contributed by atoms with Gasteiger partial charge < -0.3 is 16.2 Å². The molecule has 5 heteroatoms. The SMILES string of the molecule is CC(Cc1cccs1)Nc1ccc(C(=O)O)cc1N. The highest BCUT2D eigenvalue weighted by atomic mass is 32.1. The molecule has 0 aliphatic carbocycles. The van der Waals surface area contributed by atoms with E-state index >= 15 is 0 Å². The molecular formula is C14H16N2O2S. The van der Waals surface area contributed by atoms with E-state index in [4.69, 9.17) is 10.8 Å². The summed E-state index contributed by atoms with van der Waals surface area (Å²) in [5.41, 5.74) is 7.29. The number of rotatable bonds is 5. The summed E-state index contributed by atoms with van der Waals surface area (Å²) in [6.45, 7) is 2.07. The van der Waals surface area contributed by atoms with E-state index in [2.05, 4.69) is 23.7 Å². The topological polar surface area (TPSA) is 75.3 Å². The maximum absolute atomic E-state index is 10.8. The Bertz CT molecular complexity index is 567. The lowest BCUT2D eigenvalue weighted by Gasteiger charge is -2.16. The fourth-order valence-electron chi connectivity index (χ4n) is 1.87. The van der Waals surface area contributed by atoms with Crippen molar-refractivity contribution in [2.75, 3.05) is 11.1 Å². The molecule has 1 atom stereocenters. The summed E-state index contributed by atoms with van der Waals surface area (Å²) in [4.78, 5) is 12.1. The Balaban J connectivity index is 2.04. The van der Waals surface area contributed by atoms with Gasteiger partial charge in [-0.2, -0.15) is 0 Å². The molecule has 0 aliphatic rings. The van der Waals surface area contributed by atoms with Gasteiger partial charge in [-0.1, -0.05) is 6.07 Å². The van der Waals surface area contributed by atoms with E-state index in [0.29, 0.717) is 5.69 Å². The molecule has 0 spiro atoms. The van der Waals surface area contributed by atoms with Crippen molar-refractivity contribution in [1.29, 1.82) is 0 Å². The van der Waals surface area contributed by atoms with Crippen molar-refractivity contribution in [3.05, 3.63) is 46.2 Å². The van der Waals surface area contributed by atoms with Crippen LogP contribution < -0.4 is 11.1 Å². The van der Waals surface area contributed by atoms with Crippen LogP contribution in [0.25, 0.3) is 0 Å². The van der Waals surface area contributed by atoms with Gasteiger partial charge in [0.1, 0.15) is 0 Å². The number of nitrogens with one attached hydrogen (secondary N) is 1. The normalized spacial score (nSPS) is 12.1. The van der Waals surface area contributed by atoms with Gasteiger partial charge in [0.15, 0.2) is 0 Å². The Labute approximate surface area is 115 Å². The molecule has 0 aliphatic heterocycles. The molecule has 2 rings (SSSR count). The lowest BCUT2D eigenvalue weighted by Crippen LogP contribution is -2.18. The largest absolute Gasteiger partial charge is 0.478 e. The maximum Gasteiger partial charge on any atom is 0.335 e. The van der Waals surface area contributed by atoms with Crippen molar-refractivity contribution >= 4 is 28.7 Å². The minimum atomic E-state index is -0.968. The average molecular weight is 276 g/mol. The van der Waals surface area contributed by atoms with Crippen molar-refractivity contribution in [2.24, 2.45) is 0 Å². The number of nitrogen functional groups attached to an aromatic ring is 1. The monoisotopic (exact) mass is 276 g/mol. The first-order chi connectivity index (χ1) is 9.06. The molecule has 1 aromatic heterocycles. The summed E-state index contributed by atoms with van der Waals surface area (Å²) in [5, 5.41) is 14.2. The quantitative estimate of drug-likeness (QED) is 0.734. The first kappa shape index (κ1) is 13.4. The predicted octanol–water partition coefficient (Wildman–Crippen LogP) is 3.07. The number of carboxylic acids is 1. The highest BCUT2D eigenvalue weighted by molar-refractivity contribution is 7.09. The zero-order chi connectivity index (χ0) is 13.8. The first-order valence-electron chi connectivity index (χ1n) is 5.98. The van der Waals surface area contributed by atoms with Crippen LogP contribution in [0.1, 0.15) is 22.2 Å². The summed E-state index contributed by atoms with van der Waals surface area (Å²) in [5.74, 6) is -0.968. The van der Waals surface area contributed by atoms with Gasteiger partial charge in [-0.15, -0.1) is 11.3 Å². The molecule has 0 saturated carbocycles. The first-order valence-corrected chi connectivity index (χ1v) is 6.86. The average Bonchev–Trinajstić information content (AvgIpc) is 2.84. The van der Waals surface area contributed by atoms with Crippen LogP contribution in [0.15, 0.2) is 35.7 Å². The van der Waals surface area contributed by atoms with Crippen LogP contribution in [0, 0.1) is 0 Å². The molecule has 1 heterocycles. The van der Waals surface area contributed by atoms with Gasteiger partial charge in [-0.25, -0.2) is 4.79 Å². The van der Waals surface area contributed by atoms with Gasteiger partial charge in [-0.05, 0) is 36.6 Å². The van der Waals surface area contributed by atoms with Crippen LogP contribution in [-0.4, -0.2) is 17.1 Å². The number of nitrogens with two attached hydrogens (primary N) is 1. The van der Waals surface area contributed by atoms with E-state index in [1.165, 1.54) is 10.9 Å². The molecule has 100 valence electrons. The van der Waals surface area contributed by atoms with E-state index in [1.54, 1.807) is 23.5 Å². The molecule has 4 N–H and O–H groups in total. The fraction of sp³-hybridized carbons (Fsp3) is 0.214. The number of carboxylic acid groups (broad SMARTS) is 1. The van der Waals surface area contributed by atoms with E-state index in [0.717, 1.165) is 12.1 Å². The molecule has 1 unspecified atom stereocenters. The summed E-state index contributed by atoms with van der Waals surface area (Å²) in [6, 6.07) is 9.10. The summed E-state index contributed by atoms with van der Waals surface area (Å²) in [7, 11) is 0. The molecule has 1 aromatic carbocycles. The van der Waals surface area contributed by atoms with Crippen LogP contribution in [0.3, 0.4) is 0 Å². The van der Waals surface area contributed by atoms with Gasteiger partial charge in [0.2, 0.25) is 0 Å². The van der Waals surface area contributed by atoms with Gasteiger partial charge in [0.05, 0.1) is 16.9 Å². The standard InChI is InChI=1S/C14H16N2O2S/c1-9(7-11-3-2-6-19-11)16-13-5-4-10(14(17)18)8-12(13)15/h2-6,8-9,16H,7,15H2,1H3,(H,17,18). The number of aromatic carboxylic acids is 1. The van der Waals surface area contributed by atoms with Gasteiger partial charge in [0, 0.05) is 17.3 Å². The van der Waals surface area contributed by atoms with E-state index in [9.17, 15) is 4.79 Å². The van der Waals surface area contributed by atoms with Gasteiger partial charge >= 0.3 is 5.97 Å². The third-order valence-corrected chi connectivity index (χ3v) is 3.69. The lowest BCUT2D eigenvalue weighted by molar-refractivity contribution is 0.0697. The summed E-state index contributed by atoms with van der Waals surface area (Å²) < 4.78 is 0. The minimum Gasteiger partial charge on any atom is -0.478 e. The van der Waals surface area contributed by atoms with Crippen molar-refractivity contribution in [2.45, 2.75) is 19.4 Å². The third kappa shape index (κ3) is 3.48. The Hall–Kier alpha value is -2.01. The number of benzene rings is 1. The van der Waals surface area contributed by atoms with E-state index in [-0.39, 0.29) is 11.6 Å². The number of anilines is 2. The molecule has 0 amide bonds. The van der Waals surface area contributed by atoms with Crippen molar-refractivity contribution in [3.63, 3.8) is 0 Å². The van der Waals surface area contributed by atoms with Crippen LogP contribution in [0.2, 0.25) is 0 Å². The number of carbonyl (C=O) groups is 1. The molecular weight excluding hydrogens is 260 g/mol. The zero-order valence-electron chi connectivity index (χ0n) is 10.6. The Morgan fingerprint density at radius 3 is 2.84 bits per heavy atom. The Morgan fingerprint density at radius 1 is 1.47 bits per heavy atom. The molecule has 0 bridgehead atoms. The highest BCUT2D eigenvalue weighted by Gasteiger charge is 2.09. The third-order valence-electron chi connectivity index (χ3n) is 2.79. The van der Waals surface area contributed by atoms with Gasteiger partial charge in [0.25, 0.3) is 0 Å². The molecule has 0 fully saturated rings. The van der Waals surface area contributed by atoms with Crippen molar-refractivity contribution in [3.8, 4) is 0 Å². The van der Waals surface area contributed by atoms with Crippen LogP contribution in [0.4, 0.5) is 11.4 Å².